The van der Waals surface area contributed by atoms with Crippen molar-refractivity contribution in [2.45, 2.75) is 6.54 Å². The summed E-state index contributed by atoms with van der Waals surface area (Å²) >= 11 is 6.21. The number of hydrogen-bond acceptors (Lipinski definition) is 3. The average molecular weight is 300 g/mol. The molecule has 0 aliphatic carbocycles. The normalized spacial score (nSPS) is 11.0. The van der Waals surface area contributed by atoms with Crippen molar-refractivity contribution in [1.29, 1.82) is 0 Å². The van der Waals surface area contributed by atoms with Crippen LogP contribution in [0.4, 0.5) is 0 Å². The fraction of sp³-hybridized carbons (Fsp3) is 0.125. The van der Waals surface area contributed by atoms with Crippen molar-refractivity contribution in [3.63, 3.8) is 0 Å². The Kier molecular flexibility index (Phi) is 3.73. The summed E-state index contributed by atoms with van der Waals surface area (Å²) < 4.78 is 1.87. The number of fused-ring (bicyclic) bond motifs is 1. The Morgan fingerprint density at radius 3 is 2.62 bits per heavy atom. The van der Waals surface area contributed by atoms with Crippen LogP contribution in [-0.4, -0.2) is 21.9 Å². The first-order valence-corrected chi connectivity index (χ1v) is 7.00. The molecule has 3 rings (SSSR count). The molecule has 0 saturated heterocycles. The summed E-state index contributed by atoms with van der Waals surface area (Å²) in [6, 6.07) is 15.2. The summed E-state index contributed by atoms with van der Waals surface area (Å²) in [5.74, 6) is 0.192. The average Bonchev–Trinajstić information content (AvgIpc) is 2.88. The summed E-state index contributed by atoms with van der Waals surface area (Å²) in [6.07, 6.45) is 0. The number of nitrogens with two attached hydrogens (primary N) is 1. The van der Waals surface area contributed by atoms with Crippen molar-refractivity contribution in [3.05, 3.63) is 64.9 Å². The maximum absolute atomic E-state index is 12.0. The van der Waals surface area contributed by atoms with Gasteiger partial charge in [-0.05, 0) is 23.8 Å². The first kappa shape index (κ1) is 13.8. The SMILES string of the molecule is NCC(=O)c1nc2ccccc2n1Cc1ccccc1Cl. The number of Topliss-reactive ketones (excluding diaryl/α,β-unsaturated/α-hetero) is 1. The molecule has 2 aromatic carbocycles. The van der Waals surface area contributed by atoms with E-state index in [9.17, 15) is 4.79 Å². The van der Waals surface area contributed by atoms with E-state index in [4.69, 9.17) is 17.3 Å². The van der Waals surface area contributed by atoms with Crippen molar-refractivity contribution in [2.24, 2.45) is 5.73 Å². The van der Waals surface area contributed by atoms with E-state index in [0.29, 0.717) is 17.4 Å². The Balaban J connectivity index is 2.15. The predicted octanol–water partition coefficient (Wildman–Crippen LogP) is 2.88. The van der Waals surface area contributed by atoms with E-state index in [0.717, 1.165) is 16.6 Å². The molecule has 3 aromatic rings. The van der Waals surface area contributed by atoms with Gasteiger partial charge in [0.05, 0.1) is 24.1 Å². The summed E-state index contributed by atoms with van der Waals surface area (Å²) in [6.45, 7) is 0.424. The maximum Gasteiger partial charge on any atom is 0.211 e. The van der Waals surface area contributed by atoms with Gasteiger partial charge in [0.15, 0.2) is 5.82 Å². The molecule has 0 saturated carbocycles. The molecule has 0 aliphatic rings. The van der Waals surface area contributed by atoms with Gasteiger partial charge in [-0.2, -0.15) is 0 Å². The number of para-hydroxylation sites is 2. The van der Waals surface area contributed by atoms with Gasteiger partial charge in [-0.25, -0.2) is 4.98 Å². The van der Waals surface area contributed by atoms with Crippen LogP contribution in [0.5, 0.6) is 0 Å². The van der Waals surface area contributed by atoms with E-state index in [2.05, 4.69) is 4.98 Å². The van der Waals surface area contributed by atoms with Crippen LogP contribution in [0.1, 0.15) is 16.2 Å². The molecule has 0 bridgehead atoms. The largest absolute Gasteiger partial charge is 0.324 e. The van der Waals surface area contributed by atoms with Crippen LogP contribution < -0.4 is 5.73 Å². The van der Waals surface area contributed by atoms with Crippen LogP contribution in [0.25, 0.3) is 11.0 Å². The van der Waals surface area contributed by atoms with Crippen LogP contribution in [-0.2, 0) is 6.54 Å². The van der Waals surface area contributed by atoms with Crippen LogP contribution in [0.3, 0.4) is 0 Å². The van der Waals surface area contributed by atoms with Gasteiger partial charge in [-0.1, -0.05) is 41.9 Å². The Labute approximate surface area is 127 Å². The molecule has 0 radical (unpaired) electrons. The number of nitrogens with zero attached hydrogens (tertiary/aromatic N) is 2. The number of hydrogen-bond donors (Lipinski definition) is 1. The van der Waals surface area contributed by atoms with Crippen molar-refractivity contribution >= 4 is 28.4 Å². The summed E-state index contributed by atoms with van der Waals surface area (Å²) in [5, 5.41) is 0.668. The van der Waals surface area contributed by atoms with Crippen molar-refractivity contribution < 1.29 is 4.79 Å². The van der Waals surface area contributed by atoms with Gasteiger partial charge in [-0.3, -0.25) is 4.79 Å². The quantitative estimate of drug-likeness (QED) is 0.754. The number of benzene rings is 2. The predicted molar refractivity (Wildman–Crippen MR) is 83.7 cm³/mol. The number of imidazole rings is 1. The van der Waals surface area contributed by atoms with Crippen LogP contribution in [0, 0.1) is 0 Å². The highest BCUT2D eigenvalue weighted by Gasteiger charge is 2.16. The minimum atomic E-state index is -0.182. The third-order valence-corrected chi connectivity index (χ3v) is 3.74. The zero-order valence-corrected chi connectivity index (χ0v) is 12.0. The molecule has 106 valence electrons. The molecule has 0 aliphatic heterocycles. The molecule has 1 aromatic heterocycles. The summed E-state index contributed by atoms with van der Waals surface area (Å²) in [7, 11) is 0. The van der Waals surface area contributed by atoms with Gasteiger partial charge in [0.2, 0.25) is 5.78 Å². The third-order valence-electron chi connectivity index (χ3n) is 3.38. The molecular weight excluding hydrogens is 286 g/mol. The molecule has 4 nitrogen and oxygen atoms in total. The molecule has 0 spiro atoms. The fourth-order valence-electron chi connectivity index (χ4n) is 2.34. The van der Waals surface area contributed by atoms with Gasteiger partial charge in [0, 0.05) is 5.02 Å². The topological polar surface area (TPSA) is 60.9 Å². The van der Waals surface area contributed by atoms with Gasteiger partial charge in [0.25, 0.3) is 0 Å². The number of rotatable bonds is 4. The van der Waals surface area contributed by atoms with Crippen LogP contribution in [0.2, 0.25) is 5.02 Å². The second-order valence-corrected chi connectivity index (χ2v) is 5.14. The van der Waals surface area contributed by atoms with Crippen LogP contribution in [0.15, 0.2) is 48.5 Å². The van der Waals surface area contributed by atoms with Crippen LogP contribution >= 0.6 is 11.6 Å². The molecule has 0 amide bonds. The fourth-order valence-corrected chi connectivity index (χ4v) is 2.53. The van der Waals surface area contributed by atoms with Gasteiger partial charge >= 0.3 is 0 Å². The second kappa shape index (κ2) is 5.68. The third kappa shape index (κ3) is 2.55. The van der Waals surface area contributed by atoms with E-state index in [-0.39, 0.29) is 12.3 Å². The van der Waals surface area contributed by atoms with Crippen molar-refractivity contribution in [3.8, 4) is 0 Å². The lowest BCUT2D eigenvalue weighted by atomic mass is 10.2. The molecule has 2 N–H and O–H groups in total. The number of ketones is 1. The molecule has 5 heteroatoms. The highest BCUT2D eigenvalue weighted by molar-refractivity contribution is 6.31. The van der Waals surface area contributed by atoms with Gasteiger partial charge in [0.1, 0.15) is 0 Å². The standard InChI is InChI=1S/C16H14ClN3O/c17-12-6-2-1-5-11(12)10-20-14-8-4-3-7-13(14)19-16(20)15(21)9-18/h1-8H,9-10,18H2. The summed E-state index contributed by atoms with van der Waals surface area (Å²) in [4.78, 5) is 16.4. The highest BCUT2D eigenvalue weighted by atomic mass is 35.5. The Hall–Kier alpha value is -2.17. The lowest BCUT2D eigenvalue weighted by Crippen LogP contribution is -2.19. The number of halogens is 1. The maximum atomic E-state index is 12.0. The number of carbonyl (C=O) groups is 1. The van der Waals surface area contributed by atoms with Crippen molar-refractivity contribution in [2.75, 3.05) is 6.54 Å². The van der Waals surface area contributed by atoms with E-state index < -0.39 is 0 Å². The molecule has 0 fully saturated rings. The Morgan fingerprint density at radius 2 is 1.86 bits per heavy atom. The number of carbonyl (C=O) groups excluding carboxylic acids is 1. The minimum Gasteiger partial charge on any atom is -0.324 e. The molecule has 0 unspecified atom stereocenters. The molecule has 21 heavy (non-hydrogen) atoms. The second-order valence-electron chi connectivity index (χ2n) is 4.73. The molecule has 1 heterocycles. The highest BCUT2D eigenvalue weighted by Crippen LogP contribution is 2.21. The lowest BCUT2D eigenvalue weighted by molar-refractivity contribution is 0.0988. The zero-order chi connectivity index (χ0) is 14.8. The summed E-state index contributed by atoms with van der Waals surface area (Å²) in [5.41, 5.74) is 8.10. The van der Waals surface area contributed by atoms with Crippen molar-refractivity contribution in [1.82, 2.24) is 9.55 Å². The van der Waals surface area contributed by atoms with E-state index in [1.54, 1.807) is 0 Å². The van der Waals surface area contributed by atoms with Gasteiger partial charge in [-0.15, -0.1) is 0 Å². The molecular formula is C16H14ClN3O. The number of aromatic nitrogens is 2. The Bertz CT molecular complexity index is 810. The minimum absolute atomic E-state index is 0.0636. The molecule has 0 atom stereocenters. The monoisotopic (exact) mass is 299 g/mol. The Morgan fingerprint density at radius 1 is 1.14 bits per heavy atom. The zero-order valence-electron chi connectivity index (χ0n) is 11.3. The smallest absolute Gasteiger partial charge is 0.211 e. The first-order valence-electron chi connectivity index (χ1n) is 6.62. The van der Waals surface area contributed by atoms with E-state index in [1.165, 1.54) is 0 Å². The van der Waals surface area contributed by atoms with Gasteiger partial charge < -0.3 is 10.3 Å². The first-order chi connectivity index (χ1) is 10.2. The van der Waals surface area contributed by atoms with E-state index in [1.807, 2.05) is 53.1 Å². The van der Waals surface area contributed by atoms with E-state index >= 15 is 0 Å². The lowest BCUT2D eigenvalue weighted by Gasteiger charge is -2.09.